The van der Waals surface area contributed by atoms with Crippen molar-refractivity contribution < 1.29 is 9.59 Å². The SMILES string of the molecule is NC(=O)[C@]1(CCCCN2CCCC2)[C@@H]2C=C[C@@H](C23CC3)[C@@]1(Cc1nc(Br)cs1)C(N)=O. The van der Waals surface area contributed by atoms with Crippen molar-refractivity contribution in [2.24, 2.45) is 39.5 Å². The van der Waals surface area contributed by atoms with Crippen LogP contribution in [-0.4, -0.2) is 41.3 Å². The van der Waals surface area contributed by atoms with Crippen LogP contribution in [0.3, 0.4) is 0 Å². The van der Waals surface area contributed by atoms with Gasteiger partial charge in [0.15, 0.2) is 0 Å². The number of unbranched alkanes of at least 4 members (excludes halogenated alkanes) is 1. The predicted octanol–water partition coefficient (Wildman–Crippen LogP) is 3.25. The molecule has 2 amide bonds. The first kappa shape index (κ1) is 21.6. The summed E-state index contributed by atoms with van der Waals surface area (Å²) >= 11 is 4.93. The highest BCUT2D eigenvalue weighted by atomic mass is 79.9. The Kier molecular flexibility index (Phi) is 5.34. The Morgan fingerprint density at radius 1 is 1.10 bits per heavy atom. The van der Waals surface area contributed by atoms with Crippen LogP contribution >= 0.6 is 27.3 Å². The van der Waals surface area contributed by atoms with Crippen molar-refractivity contribution in [3.8, 4) is 0 Å². The van der Waals surface area contributed by atoms with Gasteiger partial charge in [0.2, 0.25) is 11.8 Å². The standard InChI is InChI=1S/C23H31BrN4O2S/c24-17-14-31-18(27-17)13-23(20(26)30)16-6-5-15(21(16)8-9-21)22(23,19(25)29)7-1-2-10-28-11-3-4-12-28/h5-6,14-16H,1-4,7-13H2,(H2,25,29)(H2,26,30)/t15-,16+,22+,23+/m1/s1. The number of nitrogens with two attached hydrogens (primary N) is 2. The molecule has 5 rings (SSSR count). The van der Waals surface area contributed by atoms with Crippen LogP contribution in [0.25, 0.3) is 0 Å². The molecule has 1 aromatic heterocycles. The second kappa shape index (κ2) is 7.66. The maximum atomic E-state index is 13.3. The van der Waals surface area contributed by atoms with E-state index in [9.17, 15) is 9.59 Å². The van der Waals surface area contributed by atoms with E-state index in [1.165, 1.54) is 37.3 Å². The summed E-state index contributed by atoms with van der Waals surface area (Å²) in [6, 6.07) is 0. The van der Waals surface area contributed by atoms with Gasteiger partial charge in [0.1, 0.15) is 4.60 Å². The molecule has 0 aromatic carbocycles. The highest BCUT2D eigenvalue weighted by molar-refractivity contribution is 9.10. The van der Waals surface area contributed by atoms with E-state index in [1.54, 1.807) is 0 Å². The molecule has 4 atom stereocenters. The number of amides is 2. The average Bonchev–Trinajstić information content (AvgIpc) is 3.02. The van der Waals surface area contributed by atoms with Gasteiger partial charge < -0.3 is 16.4 Å². The zero-order chi connectivity index (χ0) is 21.9. The lowest BCUT2D eigenvalue weighted by Gasteiger charge is -2.47. The minimum atomic E-state index is -1.00. The minimum Gasteiger partial charge on any atom is -0.369 e. The number of hydrogen-bond donors (Lipinski definition) is 2. The molecular weight excluding hydrogens is 476 g/mol. The van der Waals surface area contributed by atoms with Crippen LogP contribution in [0.15, 0.2) is 22.1 Å². The van der Waals surface area contributed by atoms with E-state index in [1.807, 2.05) is 5.38 Å². The fraction of sp³-hybridized carbons (Fsp3) is 0.696. The summed E-state index contributed by atoms with van der Waals surface area (Å²) in [5.41, 5.74) is 10.5. The Bertz CT molecular complexity index is 922. The Morgan fingerprint density at radius 2 is 1.74 bits per heavy atom. The first-order valence-corrected chi connectivity index (χ1v) is 13.1. The van der Waals surface area contributed by atoms with Crippen molar-refractivity contribution >= 4 is 39.1 Å². The molecule has 168 valence electrons. The Balaban J connectivity index is 1.50. The van der Waals surface area contributed by atoms with Crippen molar-refractivity contribution in [3.05, 3.63) is 27.1 Å². The Hall–Kier alpha value is -1.25. The van der Waals surface area contributed by atoms with Crippen LogP contribution in [0.5, 0.6) is 0 Å². The maximum Gasteiger partial charge on any atom is 0.225 e. The van der Waals surface area contributed by atoms with Crippen LogP contribution < -0.4 is 11.5 Å². The molecule has 0 unspecified atom stereocenters. The van der Waals surface area contributed by atoms with Crippen LogP contribution in [0.4, 0.5) is 0 Å². The first-order valence-electron chi connectivity index (χ1n) is 11.5. The summed E-state index contributed by atoms with van der Waals surface area (Å²) in [5, 5.41) is 2.76. The van der Waals surface area contributed by atoms with Crippen LogP contribution in [0.1, 0.15) is 50.0 Å². The Labute approximate surface area is 196 Å². The molecule has 31 heavy (non-hydrogen) atoms. The fourth-order valence-electron chi connectivity index (χ4n) is 7.39. The normalized spacial score (nSPS) is 35.3. The van der Waals surface area contributed by atoms with E-state index in [2.05, 4.69) is 38.0 Å². The molecule has 6 nitrogen and oxygen atoms in total. The van der Waals surface area contributed by atoms with Gasteiger partial charge in [-0.1, -0.05) is 18.6 Å². The van der Waals surface area contributed by atoms with E-state index in [0.717, 1.165) is 41.8 Å². The molecule has 4 N–H and O–H groups in total. The molecule has 3 fully saturated rings. The van der Waals surface area contributed by atoms with Crippen molar-refractivity contribution in [1.82, 2.24) is 9.88 Å². The van der Waals surface area contributed by atoms with Crippen molar-refractivity contribution in [2.75, 3.05) is 19.6 Å². The average molecular weight is 507 g/mol. The predicted molar refractivity (Wildman–Crippen MR) is 124 cm³/mol. The summed E-state index contributed by atoms with van der Waals surface area (Å²) in [6.45, 7) is 3.39. The zero-order valence-electron chi connectivity index (χ0n) is 17.8. The van der Waals surface area contributed by atoms with E-state index in [-0.39, 0.29) is 29.1 Å². The van der Waals surface area contributed by atoms with Gasteiger partial charge in [-0.15, -0.1) is 11.3 Å². The number of nitrogens with zero attached hydrogens (tertiary/aromatic N) is 2. The summed E-state index contributed by atoms with van der Waals surface area (Å²) in [4.78, 5) is 33.7. The number of halogens is 1. The highest BCUT2D eigenvalue weighted by Crippen LogP contribution is 2.81. The number of carbonyl (C=O) groups is 2. The third-order valence-corrected chi connectivity index (χ3v) is 10.3. The largest absolute Gasteiger partial charge is 0.369 e. The van der Waals surface area contributed by atoms with Gasteiger partial charge in [0, 0.05) is 11.8 Å². The molecule has 1 aliphatic heterocycles. The number of likely N-dealkylation sites (tertiary alicyclic amines) is 1. The third-order valence-electron chi connectivity index (χ3n) is 8.75. The molecule has 2 saturated carbocycles. The summed E-state index contributed by atoms with van der Waals surface area (Å²) in [7, 11) is 0. The second-order valence-corrected chi connectivity index (χ2v) is 11.7. The quantitative estimate of drug-likeness (QED) is 0.396. The van der Waals surface area contributed by atoms with Gasteiger partial charge in [-0.25, -0.2) is 4.98 Å². The minimum absolute atomic E-state index is 0.00481. The van der Waals surface area contributed by atoms with Crippen molar-refractivity contribution in [1.29, 1.82) is 0 Å². The van der Waals surface area contributed by atoms with Crippen molar-refractivity contribution in [2.45, 2.75) is 51.4 Å². The van der Waals surface area contributed by atoms with Gasteiger partial charge in [0.25, 0.3) is 0 Å². The smallest absolute Gasteiger partial charge is 0.225 e. The summed E-state index contributed by atoms with van der Waals surface area (Å²) in [6.07, 6.45) is 11.9. The molecule has 4 aliphatic rings. The van der Waals surface area contributed by atoms with Crippen LogP contribution in [-0.2, 0) is 16.0 Å². The van der Waals surface area contributed by atoms with E-state index >= 15 is 0 Å². The van der Waals surface area contributed by atoms with Gasteiger partial charge in [-0.2, -0.15) is 0 Å². The maximum absolute atomic E-state index is 13.3. The molecule has 2 heterocycles. The number of aromatic nitrogens is 1. The molecule has 1 saturated heterocycles. The van der Waals surface area contributed by atoms with Crippen LogP contribution in [0.2, 0.25) is 0 Å². The Morgan fingerprint density at radius 3 is 2.29 bits per heavy atom. The topological polar surface area (TPSA) is 102 Å². The first-order chi connectivity index (χ1) is 14.9. The van der Waals surface area contributed by atoms with Gasteiger partial charge in [-0.05, 0) is 91.3 Å². The van der Waals surface area contributed by atoms with E-state index in [0.29, 0.717) is 12.8 Å². The second-order valence-electron chi connectivity index (χ2n) is 9.99. The van der Waals surface area contributed by atoms with Gasteiger partial charge in [-0.3, -0.25) is 9.59 Å². The lowest BCUT2D eigenvalue weighted by Crippen LogP contribution is -2.60. The third kappa shape index (κ3) is 3.00. The molecule has 0 radical (unpaired) electrons. The number of carbonyl (C=O) groups excluding carboxylic acids is 2. The molecule has 2 bridgehead atoms. The van der Waals surface area contributed by atoms with E-state index < -0.39 is 10.8 Å². The van der Waals surface area contributed by atoms with Crippen molar-refractivity contribution in [3.63, 3.8) is 0 Å². The van der Waals surface area contributed by atoms with Crippen LogP contribution in [0, 0.1) is 28.1 Å². The number of allylic oxidation sites excluding steroid dienone is 2. The number of thiazole rings is 1. The van der Waals surface area contributed by atoms with Gasteiger partial charge in [0.05, 0.1) is 15.8 Å². The number of hydrogen-bond acceptors (Lipinski definition) is 5. The van der Waals surface area contributed by atoms with E-state index in [4.69, 9.17) is 11.5 Å². The lowest BCUT2D eigenvalue weighted by atomic mass is 9.53. The monoisotopic (exact) mass is 506 g/mol. The molecule has 1 aromatic rings. The highest BCUT2D eigenvalue weighted by Gasteiger charge is 2.82. The summed E-state index contributed by atoms with van der Waals surface area (Å²) in [5.74, 6) is -0.770. The zero-order valence-corrected chi connectivity index (χ0v) is 20.2. The molecular formula is C23H31BrN4O2S. The fourth-order valence-corrected chi connectivity index (χ4v) is 8.75. The lowest BCUT2D eigenvalue weighted by molar-refractivity contribution is -0.151. The number of rotatable bonds is 9. The molecule has 3 aliphatic carbocycles. The summed E-state index contributed by atoms with van der Waals surface area (Å²) < 4.78 is 0.752. The molecule has 8 heteroatoms. The number of primary amides is 2. The van der Waals surface area contributed by atoms with Gasteiger partial charge >= 0.3 is 0 Å². The molecule has 1 spiro atoms.